The molecule has 0 radical (unpaired) electrons. The van der Waals surface area contributed by atoms with Gasteiger partial charge in [0.1, 0.15) is 0 Å². The number of likely N-dealkylation sites (N-methyl/N-ethyl adjacent to an activating group) is 1. The van der Waals surface area contributed by atoms with Crippen LogP contribution in [0.25, 0.3) is 5.57 Å². The fraction of sp³-hybridized carbons (Fsp3) is 0.440. The number of likely N-dealkylation sites (tertiary alicyclic amines) is 1. The van der Waals surface area contributed by atoms with E-state index in [2.05, 4.69) is 47.3 Å². The van der Waals surface area contributed by atoms with E-state index in [1.54, 1.807) is 6.07 Å². The highest BCUT2D eigenvalue weighted by Crippen LogP contribution is 2.34. The summed E-state index contributed by atoms with van der Waals surface area (Å²) in [6.45, 7) is 6.63. The molecule has 2 aromatic rings. The Kier molecular flexibility index (Phi) is 7.51. The molecule has 0 saturated carbocycles. The number of anilines is 1. The van der Waals surface area contributed by atoms with Crippen molar-refractivity contribution in [2.24, 2.45) is 0 Å². The maximum absolute atomic E-state index is 6.52. The number of piperidine rings is 1. The lowest BCUT2D eigenvalue weighted by Gasteiger charge is -2.39. The van der Waals surface area contributed by atoms with E-state index in [9.17, 15) is 0 Å². The van der Waals surface area contributed by atoms with Gasteiger partial charge in [-0.2, -0.15) is 0 Å². The van der Waals surface area contributed by atoms with E-state index in [1.807, 2.05) is 18.2 Å². The number of nitrogens with zero attached hydrogens (tertiary/aromatic N) is 2. The van der Waals surface area contributed by atoms with E-state index in [0.29, 0.717) is 21.1 Å². The Morgan fingerprint density at radius 3 is 2.58 bits per heavy atom. The summed E-state index contributed by atoms with van der Waals surface area (Å²) >= 11 is 19.0. The molecule has 4 rings (SSSR count). The van der Waals surface area contributed by atoms with Crippen LogP contribution in [0.3, 0.4) is 0 Å². The van der Waals surface area contributed by atoms with Crippen LogP contribution in [0.2, 0.25) is 15.1 Å². The van der Waals surface area contributed by atoms with E-state index < -0.39 is 0 Å². The van der Waals surface area contributed by atoms with Crippen LogP contribution in [0.4, 0.5) is 5.69 Å². The third-order valence-electron chi connectivity index (χ3n) is 6.49. The zero-order valence-electron chi connectivity index (χ0n) is 18.2. The molecule has 2 atom stereocenters. The van der Waals surface area contributed by atoms with Crippen molar-refractivity contribution >= 4 is 46.1 Å². The van der Waals surface area contributed by atoms with Crippen LogP contribution in [0.5, 0.6) is 0 Å². The first-order valence-corrected chi connectivity index (χ1v) is 12.2. The molecule has 0 spiro atoms. The lowest BCUT2D eigenvalue weighted by Crippen LogP contribution is -2.47. The Labute approximate surface area is 201 Å². The molecule has 1 fully saturated rings. The summed E-state index contributed by atoms with van der Waals surface area (Å²) in [5.74, 6) is 0. The number of nitrogens with one attached hydrogen (secondary N) is 1. The molecular weight excluding hydrogens is 449 g/mol. The minimum absolute atomic E-state index is 0.0108. The van der Waals surface area contributed by atoms with Gasteiger partial charge < -0.3 is 10.2 Å². The first kappa shape index (κ1) is 22.9. The van der Waals surface area contributed by atoms with Crippen molar-refractivity contribution in [1.29, 1.82) is 0 Å². The fourth-order valence-electron chi connectivity index (χ4n) is 4.72. The molecule has 0 amide bonds. The predicted molar refractivity (Wildman–Crippen MR) is 135 cm³/mol. The monoisotopic (exact) mass is 477 g/mol. The molecule has 1 saturated heterocycles. The highest BCUT2D eigenvalue weighted by molar-refractivity contribution is 6.35. The molecule has 2 aliphatic heterocycles. The SMILES string of the molecule is CC(Nc1cc(C2=CCN([C@H]3CCCN(C)C3)CC2)ccc1Cl)c1ccc(Cl)cc1Cl. The third kappa shape index (κ3) is 5.58. The zero-order valence-corrected chi connectivity index (χ0v) is 20.4. The topological polar surface area (TPSA) is 18.5 Å². The highest BCUT2D eigenvalue weighted by Gasteiger charge is 2.25. The molecule has 2 aliphatic rings. The number of hydrogen-bond acceptors (Lipinski definition) is 3. The smallest absolute Gasteiger partial charge is 0.0638 e. The molecule has 1 N–H and O–H groups in total. The molecular formula is C25H30Cl3N3. The lowest BCUT2D eigenvalue weighted by atomic mass is 9.96. The van der Waals surface area contributed by atoms with E-state index in [-0.39, 0.29) is 6.04 Å². The van der Waals surface area contributed by atoms with Crippen LogP contribution >= 0.6 is 34.8 Å². The molecule has 0 bridgehead atoms. The van der Waals surface area contributed by atoms with E-state index in [1.165, 1.54) is 37.1 Å². The average Bonchev–Trinajstić information content (AvgIpc) is 2.75. The number of rotatable bonds is 5. The van der Waals surface area contributed by atoms with Gasteiger partial charge in [-0.3, -0.25) is 4.90 Å². The van der Waals surface area contributed by atoms with Gasteiger partial charge >= 0.3 is 0 Å². The molecule has 1 unspecified atom stereocenters. The number of halogens is 3. The lowest BCUT2D eigenvalue weighted by molar-refractivity contribution is 0.121. The second-order valence-electron chi connectivity index (χ2n) is 8.76. The van der Waals surface area contributed by atoms with Crippen molar-refractivity contribution in [3.05, 3.63) is 68.7 Å². The molecule has 0 aromatic heterocycles. The van der Waals surface area contributed by atoms with Gasteiger partial charge in [-0.25, -0.2) is 0 Å². The van der Waals surface area contributed by atoms with Gasteiger partial charge in [0, 0.05) is 35.7 Å². The van der Waals surface area contributed by atoms with Gasteiger partial charge in [0.05, 0.1) is 16.8 Å². The van der Waals surface area contributed by atoms with Crippen molar-refractivity contribution in [3.8, 4) is 0 Å². The summed E-state index contributed by atoms with van der Waals surface area (Å²) in [6.07, 6.45) is 6.08. The van der Waals surface area contributed by atoms with Crippen molar-refractivity contribution < 1.29 is 0 Å². The van der Waals surface area contributed by atoms with Crippen LogP contribution in [0.1, 0.15) is 43.4 Å². The van der Waals surface area contributed by atoms with Crippen molar-refractivity contribution in [2.45, 2.75) is 38.3 Å². The minimum Gasteiger partial charge on any atom is -0.377 e. The zero-order chi connectivity index (χ0) is 22.0. The minimum atomic E-state index is 0.0108. The summed E-state index contributed by atoms with van der Waals surface area (Å²) in [6, 6.07) is 12.6. The Morgan fingerprint density at radius 2 is 1.87 bits per heavy atom. The largest absolute Gasteiger partial charge is 0.377 e. The van der Waals surface area contributed by atoms with Gasteiger partial charge in [0.15, 0.2) is 0 Å². The third-order valence-corrected chi connectivity index (χ3v) is 7.39. The predicted octanol–water partition coefficient (Wildman–Crippen LogP) is 7.00. The van der Waals surface area contributed by atoms with Crippen LogP contribution in [-0.2, 0) is 0 Å². The first-order valence-electron chi connectivity index (χ1n) is 11.0. The Hall–Kier alpha value is -1.23. The van der Waals surface area contributed by atoms with E-state index in [0.717, 1.165) is 30.8 Å². The van der Waals surface area contributed by atoms with Gasteiger partial charge in [-0.05, 0) is 80.7 Å². The van der Waals surface area contributed by atoms with E-state index in [4.69, 9.17) is 34.8 Å². The van der Waals surface area contributed by atoms with Gasteiger partial charge in [-0.15, -0.1) is 0 Å². The number of benzene rings is 2. The van der Waals surface area contributed by atoms with Gasteiger partial charge in [0.2, 0.25) is 0 Å². The van der Waals surface area contributed by atoms with E-state index >= 15 is 0 Å². The standard InChI is InChI=1S/C25H30Cl3N3/c1-17(22-7-6-20(26)15-24(22)28)29-25-14-19(5-8-23(25)27)18-9-12-31(13-10-18)21-4-3-11-30(2)16-21/h5-9,14-15,17,21,29H,3-4,10-13,16H2,1-2H3/t17?,21-/m0/s1. The molecule has 3 nitrogen and oxygen atoms in total. The van der Waals surface area contributed by atoms with Gasteiger partial charge in [0.25, 0.3) is 0 Å². The molecule has 6 heteroatoms. The quantitative estimate of drug-likeness (QED) is 0.499. The van der Waals surface area contributed by atoms with Crippen LogP contribution in [-0.4, -0.2) is 49.1 Å². The Morgan fingerprint density at radius 1 is 1.03 bits per heavy atom. The van der Waals surface area contributed by atoms with Crippen LogP contribution < -0.4 is 5.32 Å². The second kappa shape index (κ2) is 10.1. The van der Waals surface area contributed by atoms with Crippen LogP contribution in [0.15, 0.2) is 42.5 Å². The summed E-state index contributed by atoms with van der Waals surface area (Å²) < 4.78 is 0. The van der Waals surface area contributed by atoms with Crippen molar-refractivity contribution in [1.82, 2.24) is 9.80 Å². The summed E-state index contributed by atoms with van der Waals surface area (Å²) in [4.78, 5) is 5.09. The molecule has 0 aliphatic carbocycles. The molecule has 166 valence electrons. The molecule has 2 heterocycles. The van der Waals surface area contributed by atoms with Gasteiger partial charge in [-0.1, -0.05) is 53.0 Å². The normalized spacial score (nSPS) is 21.6. The summed E-state index contributed by atoms with van der Waals surface area (Å²) in [5.41, 5.74) is 4.56. The highest BCUT2D eigenvalue weighted by atomic mass is 35.5. The van der Waals surface area contributed by atoms with Crippen LogP contribution in [0, 0.1) is 0 Å². The maximum Gasteiger partial charge on any atom is 0.0638 e. The van der Waals surface area contributed by atoms with Crippen molar-refractivity contribution in [3.63, 3.8) is 0 Å². The Balaban J connectivity index is 1.46. The average molecular weight is 479 g/mol. The molecule has 31 heavy (non-hydrogen) atoms. The first-order chi connectivity index (χ1) is 14.9. The fourth-order valence-corrected chi connectivity index (χ4v) is 5.46. The van der Waals surface area contributed by atoms with Crippen molar-refractivity contribution in [2.75, 3.05) is 38.5 Å². The second-order valence-corrected chi connectivity index (χ2v) is 10.0. The Bertz CT molecular complexity index is 959. The maximum atomic E-state index is 6.52. The number of hydrogen-bond donors (Lipinski definition) is 1. The summed E-state index contributed by atoms with van der Waals surface area (Å²) in [5, 5.41) is 5.53. The molecule has 2 aromatic carbocycles. The summed E-state index contributed by atoms with van der Waals surface area (Å²) in [7, 11) is 2.23.